The second-order valence-corrected chi connectivity index (χ2v) is 9.25. The van der Waals surface area contributed by atoms with E-state index in [2.05, 4.69) is 16.8 Å². The average molecular weight is 477 g/mol. The van der Waals surface area contributed by atoms with E-state index in [-0.39, 0.29) is 30.4 Å². The number of rotatable bonds is 8. The van der Waals surface area contributed by atoms with Gasteiger partial charge in [-0.05, 0) is 79.2 Å². The number of anilines is 1. The van der Waals surface area contributed by atoms with Gasteiger partial charge < -0.3 is 15.0 Å². The van der Waals surface area contributed by atoms with Gasteiger partial charge in [-0.25, -0.2) is 0 Å². The van der Waals surface area contributed by atoms with Gasteiger partial charge in [-0.3, -0.25) is 14.4 Å². The van der Waals surface area contributed by atoms with Crippen molar-refractivity contribution < 1.29 is 19.1 Å². The minimum absolute atomic E-state index is 0.0314. The number of thiophene rings is 1. The van der Waals surface area contributed by atoms with E-state index in [0.29, 0.717) is 42.3 Å². The third-order valence-electron chi connectivity index (χ3n) is 6.00. The van der Waals surface area contributed by atoms with Crippen LogP contribution in [0.25, 0.3) is 0 Å². The van der Waals surface area contributed by atoms with Gasteiger partial charge in [0.05, 0.1) is 6.61 Å². The summed E-state index contributed by atoms with van der Waals surface area (Å²) in [6.07, 6.45) is 1.04. The average Bonchev–Trinajstić information content (AvgIpc) is 3.32. The quantitative estimate of drug-likeness (QED) is 0.450. The van der Waals surface area contributed by atoms with E-state index in [9.17, 15) is 14.4 Å². The summed E-state index contributed by atoms with van der Waals surface area (Å²) in [6, 6.07) is 14.4. The van der Waals surface area contributed by atoms with Crippen LogP contribution in [0.3, 0.4) is 0 Å². The van der Waals surface area contributed by atoms with Crippen LogP contribution in [-0.4, -0.2) is 35.6 Å². The van der Waals surface area contributed by atoms with Gasteiger partial charge in [0.15, 0.2) is 5.78 Å². The predicted octanol–water partition coefficient (Wildman–Crippen LogP) is 5.26. The maximum Gasteiger partial charge on any atom is 0.254 e. The standard InChI is InChI=1S/C27H28N2O4S/c1-3-33-21-9-7-19(8-10-21)24(30)11-12-26(31)28-23-6-4-5-22(18(23)2)27(32)29-15-13-25-20(17-29)14-16-34-25/h4-10,14,16H,3,11-13,15,17H2,1-2H3,(H,28,31). The summed E-state index contributed by atoms with van der Waals surface area (Å²) < 4.78 is 5.39. The second kappa shape index (κ2) is 10.7. The fourth-order valence-corrected chi connectivity index (χ4v) is 4.97. The van der Waals surface area contributed by atoms with Crippen molar-refractivity contribution >= 4 is 34.6 Å². The van der Waals surface area contributed by atoms with Crippen molar-refractivity contribution in [3.8, 4) is 5.75 Å². The monoisotopic (exact) mass is 476 g/mol. The van der Waals surface area contributed by atoms with Crippen molar-refractivity contribution in [2.24, 2.45) is 0 Å². The highest BCUT2D eigenvalue weighted by Gasteiger charge is 2.24. The van der Waals surface area contributed by atoms with Crippen LogP contribution >= 0.6 is 11.3 Å². The second-order valence-electron chi connectivity index (χ2n) is 8.25. The molecule has 0 saturated carbocycles. The van der Waals surface area contributed by atoms with Crippen molar-refractivity contribution in [1.29, 1.82) is 0 Å². The Kier molecular flexibility index (Phi) is 7.43. The zero-order valence-electron chi connectivity index (χ0n) is 19.4. The zero-order valence-corrected chi connectivity index (χ0v) is 20.2. The molecule has 4 rings (SSSR count). The van der Waals surface area contributed by atoms with Gasteiger partial charge in [-0.15, -0.1) is 11.3 Å². The third kappa shape index (κ3) is 5.37. The highest BCUT2D eigenvalue weighted by Crippen LogP contribution is 2.27. The minimum Gasteiger partial charge on any atom is -0.494 e. The summed E-state index contributed by atoms with van der Waals surface area (Å²) in [5.74, 6) is 0.322. The van der Waals surface area contributed by atoms with Gasteiger partial charge in [0.1, 0.15) is 5.75 Å². The van der Waals surface area contributed by atoms with Crippen LogP contribution in [-0.2, 0) is 17.8 Å². The number of carbonyl (C=O) groups is 3. The lowest BCUT2D eigenvalue weighted by Crippen LogP contribution is -2.35. The van der Waals surface area contributed by atoms with Gasteiger partial charge in [-0.1, -0.05) is 6.07 Å². The summed E-state index contributed by atoms with van der Waals surface area (Å²) in [7, 11) is 0. The summed E-state index contributed by atoms with van der Waals surface area (Å²) >= 11 is 1.74. The molecule has 7 heteroatoms. The molecule has 0 radical (unpaired) electrons. The number of carbonyl (C=O) groups excluding carboxylic acids is 3. The van der Waals surface area contributed by atoms with E-state index in [4.69, 9.17) is 4.74 Å². The maximum atomic E-state index is 13.2. The van der Waals surface area contributed by atoms with Crippen LogP contribution in [0.4, 0.5) is 5.69 Å². The lowest BCUT2D eigenvalue weighted by molar-refractivity contribution is -0.116. The van der Waals surface area contributed by atoms with E-state index in [1.54, 1.807) is 53.8 Å². The molecule has 0 bridgehead atoms. The molecule has 0 spiro atoms. The van der Waals surface area contributed by atoms with Crippen LogP contribution in [0.5, 0.6) is 5.75 Å². The number of nitrogens with one attached hydrogen (secondary N) is 1. The number of hydrogen-bond donors (Lipinski definition) is 1. The molecule has 1 aromatic heterocycles. The molecule has 1 N–H and O–H groups in total. The molecule has 0 unspecified atom stereocenters. The number of fused-ring (bicyclic) bond motifs is 1. The van der Waals surface area contributed by atoms with Crippen LogP contribution in [0.2, 0.25) is 0 Å². The summed E-state index contributed by atoms with van der Waals surface area (Å²) in [6.45, 7) is 5.61. The molecule has 2 amide bonds. The van der Waals surface area contributed by atoms with Crippen LogP contribution in [0, 0.1) is 6.92 Å². The Morgan fingerprint density at radius 2 is 1.85 bits per heavy atom. The van der Waals surface area contributed by atoms with Crippen LogP contribution in [0.15, 0.2) is 53.9 Å². The predicted molar refractivity (Wildman–Crippen MR) is 134 cm³/mol. The number of ketones is 1. The zero-order chi connectivity index (χ0) is 24.1. The van der Waals surface area contributed by atoms with E-state index < -0.39 is 0 Å². The SMILES string of the molecule is CCOc1ccc(C(=O)CCC(=O)Nc2cccc(C(=O)N3CCc4sccc4C3)c2C)cc1. The molecule has 1 aliphatic heterocycles. The number of benzene rings is 2. The molecule has 1 aliphatic rings. The fraction of sp³-hybridized carbons (Fsp3) is 0.296. The molecular weight excluding hydrogens is 448 g/mol. The Balaban J connectivity index is 1.35. The Morgan fingerprint density at radius 1 is 1.06 bits per heavy atom. The molecule has 0 aliphatic carbocycles. The fourth-order valence-electron chi connectivity index (χ4n) is 4.08. The Bertz CT molecular complexity index is 1200. The van der Waals surface area contributed by atoms with Crippen molar-refractivity contribution in [3.63, 3.8) is 0 Å². The lowest BCUT2D eigenvalue weighted by atomic mass is 10.0. The normalized spacial score (nSPS) is 12.7. The third-order valence-corrected chi connectivity index (χ3v) is 7.02. The largest absolute Gasteiger partial charge is 0.494 e. The topological polar surface area (TPSA) is 75.7 Å². The first-order valence-corrected chi connectivity index (χ1v) is 12.3. The van der Waals surface area contributed by atoms with Gasteiger partial charge >= 0.3 is 0 Å². The first kappa shape index (κ1) is 23.7. The van der Waals surface area contributed by atoms with Crippen LogP contribution < -0.4 is 10.1 Å². The van der Waals surface area contributed by atoms with Gasteiger partial charge in [-0.2, -0.15) is 0 Å². The Hall–Kier alpha value is -3.45. The lowest BCUT2D eigenvalue weighted by Gasteiger charge is -2.28. The molecule has 176 valence electrons. The van der Waals surface area contributed by atoms with Crippen molar-refractivity contribution in [2.45, 2.75) is 39.7 Å². The molecule has 34 heavy (non-hydrogen) atoms. The highest BCUT2D eigenvalue weighted by atomic mass is 32.1. The number of nitrogens with zero attached hydrogens (tertiary/aromatic N) is 1. The molecule has 0 fully saturated rings. The molecule has 2 heterocycles. The first-order valence-electron chi connectivity index (χ1n) is 11.5. The number of amides is 2. The summed E-state index contributed by atoms with van der Waals surface area (Å²) in [5, 5.41) is 4.94. The van der Waals surface area contributed by atoms with Gasteiger partial charge in [0.25, 0.3) is 5.91 Å². The smallest absolute Gasteiger partial charge is 0.254 e. The number of ether oxygens (including phenoxy) is 1. The maximum absolute atomic E-state index is 13.2. The Morgan fingerprint density at radius 3 is 2.62 bits per heavy atom. The van der Waals surface area contributed by atoms with E-state index in [1.165, 1.54) is 10.4 Å². The van der Waals surface area contributed by atoms with Crippen molar-refractivity contribution in [2.75, 3.05) is 18.5 Å². The molecule has 6 nitrogen and oxygen atoms in total. The molecule has 3 aromatic rings. The molecular formula is C27H28N2O4S. The van der Waals surface area contributed by atoms with E-state index in [0.717, 1.165) is 12.0 Å². The summed E-state index contributed by atoms with van der Waals surface area (Å²) in [5.41, 5.74) is 3.67. The summed E-state index contributed by atoms with van der Waals surface area (Å²) in [4.78, 5) is 41.4. The minimum atomic E-state index is -0.257. The van der Waals surface area contributed by atoms with Crippen molar-refractivity contribution in [1.82, 2.24) is 4.90 Å². The number of Topliss-reactive ketones (excluding diaryl/α,β-unsaturated/α-hetero) is 1. The Labute approximate surface area is 203 Å². The van der Waals surface area contributed by atoms with Crippen LogP contribution in [0.1, 0.15) is 56.5 Å². The first-order chi connectivity index (χ1) is 16.5. The van der Waals surface area contributed by atoms with Crippen molar-refractivity contribution in [3.05, 3.63) is 81.0 Å². The molecule has 0 atom stereocenters. The molecule has 2 aromatic carbocycles. The number of hydrogen-bond acceptors (Lipinski definition) is 5. The van der Waals surface area contributed by atoms with Gasteiger partial charge in [0, 0.05) is 47.6 Å². The highest BCUT2D eigenvalue weighted by molar-refractivity contribution is 7.10. The van der Waals surface area contributed by atoms with Gasteiger partial charge in [0.2, 0.25) is 5.91 Å². The van der Waals surface area contributed by atoms with E-state index in [1.807, 2.05) is 18.7 Å². The van der Waals surface area contributed by atoms with E-state index >= 15 is 0 Å². The molecule has 0 saturated heterocycles.